The van der Waals surface area contributed by atoms with E-state index in [1.54, 1.807) is 0 Å². The van der Waals surface area contributed by atoms with Gasteiger partial charge in [0.15, 0.2) is 5.76 Å². The highest BCUT2D eigenvalue weighted by atomic mass is 16.5. The summed E-state index contributed by atoms with van der Waals surface area (Å²) in [6.07, 6.45) is 2.31. The second-order valence-corrected chi connectivity index (χ2v) is 10.6. The number of rotatable bonds is 8. The third kappa shape index (κ3) is 5.59. The Morgan fingerprint density at radius 1 is 1.03 bits per heavy atom. The molecule has 35 heavy (non-hydrogen) atoms. The fourth-order valence-corrected chi connectivity index (χ4v) is 5.44. The first-order valence-electron chi connectivity index (χ1n) is 12.8. The third-order valence-electron chi connectivity index (χ3n) is 7.95. The molecule has 1 saturated heterocycles. The van der Waals surface area contributed by atoms with Gasteiger partial charge in [0.25, 0.3) is 0 Å². The number of piperazine rings is 1. The quantitative estimate of drug-likeness (QED) is 0.529. The highest BCUT2D eigenvalue weighted by Gasteiger charge is 2.48. The van der Waals surface area contributed by atoms with Crippen LogP contribution in [-0.2, 0) is 24.2 Å². The lowest BCUT2D eigenvalue weighted by molar-refractivity contribution is -0.124. The van der Waals surface area contributed by atoms with Crippen LogP contribution >= 0.6 is 0 Å². The van der Waals surface area contributed by atoms with Crippen LogP contribution < -0.4 is 10.2 Å². The average molecular weight is 473 g/mol. The van der Waals surface area contributed by atoms with E-state index < -0.39 is 0 Å². The molecule has 3 aromatic rings. The highest BCUT2D eigenvalue weighted by molar-refractivity contribution is 5.79. The van der Waals surface area contributed by atoms with Crippen molar-refractivity contribution in [3.63, 3.8) is 0 Å². The van der Waals surface area contributed by atoms with Crippen LogP contribution in [0.25, 0.3) is 0 Å². The lowest BCUT2D eigenvalue weighted by Gasteiger charge is -2.52. The summed E-state index contributed by atoms with van der Waals surface area (Å²) in [6.45, 7) is 9.40. The lowest BCUT2D eigenvalue weighted by Crippen LogP contribution is -2.59. The molecule has 5 rings (SSSR count). The minimum atomic E-state index is 0.0409. The Kier molecular flexibility index (Phi) is 6.91. The maximum absolute atomic E-state index is 12.5. The van der Waals surface area contributed by atoms with Gasteiger partial charge in [0, 0.05) is 44.0 Å². The van der Waals surface area contributed by atoms with E-state index in [0.717, 1.165) is 62.6 Å². The molecule has 1 amide bonds. The molecule has 6 heteroatoms. The van der Waals surface area contributed by atoms with Crippen LogP contribution in [0.15, 0.2) is 71.3 Å². The predicted octanol–water partition coefficient (Wildman–Crippen LogP) is 4.31. The Morgan fingerprint density at radius 3 is 2.40 bits per heavy atom. The number of hydrogen-bond donors (Lipinski definition) is 1. The first-order valence-corrected chi connectivity index (χ1v) is 12.8. The van der Waals surface area contributed by atoms with Crippen molar-refractivity contribution in [2.75, 3.05) is 31.1 Å². The summed E-state index contributed by atoms with van der Waals surface area (Å²) < 4.78 is 5.70. The van der Waals surface area contributed by atoms with E-state index in [1.165, 1.54) is 5.69 Å². The van der Waals surface area contributed by atoms with Gasteiger partial charge in [-0.2, -0.15) is 0 Å². The fraction of sp³-hybridized carbons (Fsp3) is 0.448. The summed E-state index contributed by atoms with van der Waals surface area (Å²) in [7, 11) is 0. The number of benzene rings is 2. The Morgan fingerprint density at radius 2 is 1.71 bits per heavy atom. The van der Waals surface area contributed by atoms with Gasteiger partial charge < -0.3 is 14.7 Å². The minimum Gasteiger partial charge on any atom is -0.369 e. The summed E-state index contributed by atoms with van der Waals surface area (Å²) in [6, 6.07) is 22.9. The van der Waals surface area contributed by atoms with E-state index in [9.17, 15) is 4.79 Å². The van der Waals surface area contributed by atoms with E-state index in [0.29, 0.717) is 12.3 Å². The number of nitrogens with one attached hydrogen (secondary N) is 1. The summed E-state index contributed by atoms with van der Waals surface area (Å²) in [4.78, 5) is 17.4. The van der Waals surface area contributed by atoms with E-state index in [4.69, 9.17) is 4.52 Å². The number of amides is 1. The van der Waals surface area contributed by atoms with Crippen molar-refractivity contribution < 1.29 is 9.32 Å². The first kappa shape index (κ1) is 23.6. The molecular formula is C29H36N4O2. The predicted molar refractivity (Wildman–Crippen MR) is 138 cm³/mol. The van der Waals surface area contributed by atoms with Crippen molar-refractivity contribution in [2.45, 2.75) is 45.7 Å². The topological polar surface area (TPSA) is 61.6 Å². The van der Waals surface area contributed by atoms with Gasteiger partial charge in [-0.1, -0.05) is 67.5 Å². The number of carbonyl (C=O) groups excluding carboxylic acids is 1. The number of nitrogens with zero attached hydrogens (tertiary/aromatic N) is 3. The molecule has 2 atom stereocenters. The van der Waals surface area contributed by atoms with E-state index in [1.807, 2.05) is 30.3 Å². The van der Waals surface area contributed by atoms with E-state index in [-0.39, 0.29) is 17.4 Å². The van der Waals surface area contributed by atoms with Gasteiger partial charge in [-0.25, -0.2) is 0 Å². The first-order chi connectivity index (χ1) is 17.0. The molecule has 0 unspecified atom stereocenters. The van der Waals surface area contributed by atoms with Gasteiger partial charge in [-0.05, 0) is 41.9 Å². The molecule has 184 valence electrons. The summed E-state index contributed by atoms with van der Waals surface area (Å²) >= 11 is 0. The molecule has 0 radical (unpaired) electrons. The molecule has 2 aliphatic rings. The Balaban J connectivity index is 1.07. The number of carbonyl (C=O) groups is 1. The average Bonchev–Trinajstić information content (AvgIpc) is 3.32. The molecule has 0 spiro atoms. The standard InChI is InChI=1S/C29H36N4O2/c1-29(2)23(19-27(29)30-28(34)17-22-9-5-3-6-10-22)18-24-20-26(35-31-24)21-32-13-15-33(16-14-32)25-11-7-4-8-12-25/h3-12,20,23,27H,13-19,21H2,1-2H3,(H,30,34)/t23-,27+/m1/s1. The van der Waals surface area contributed by atoms with E-state index >= 15 is 0 Å². The van der Waals surface area contributed by atoms with Crippen LogP contribution in [0.2, 0.25) is 0 Å². The van der Waals surface area contributed by atoms with Gasteiger partial charge >= 0.3 is 0 Å². The smallest absolute Gasteiger partial charge is 0.224 e. The molecule has 6 nitrogen and oxygen atoms in total. The van der Waals surface area contributed by atoms with Gasteiger partial charge in [-0.15, -0.1) is 0 Å². The summed E-state index contributed by atoms with van der Waals surface area (Å²) in [5.74, 6) is 1.53. The largest absolute Gasteiger partial charge is 0.369 e. The molecule has 2 heterocycles. The monoisotopic (exact) mass is 472 g/mol. The van der Waals surface area contributed by atoms with Crippen LogP contribution in [0.1, 0.15) is 37.3 Å². The van der Waals surface area contributed by atoms with Crippen molar-refractivity contribution in [1.29, 1.82) is 0 Å². The van der Waals surface area contributed by atoms with Crippen LogP contribution in [0.4, 0.5) is 5.69 Å². The molecule has 2 aromatic carbocycles. The Hall–Kier alpha value is -3.12. The molecular weight excluding hydrogens is 436 g/mol. The number of hydrogen-bond acceptors (Lipinski definition) is 5. The Labute approximate surface area is 208 Å². The zero-order chi connectivity index (χ0) is 24.3. The van der Waals surface area contributed by atoms with Gasteiger partial charge in [0.2, 0.25) is 5.91 Å². The number of aromatic nitrogens is 1. The summed E-state index contributed by atoms with van der Waals surface area (Å²) in [5.41, 5.74) is 3.41. The molecule has 1 aromatic heterocycles. The van der Waals surface area contributed by atoms with Crippen molar-refractivity contribution in [2.24, 2.45) is 11.3 Å². The van der Waals surface area contributed by atoms with Crippen LogP contribution in [0.5, 0.6) is 0 Å². The van der Waals surface area contributed by atoms with Crippen LogP contribution in [-0.4, -0.2) is 48.2 Å². The van der Waals surface area contributed by atoms with Crippen molar-refractivity contribution >= 4 is 11.6 Å². The third-order valence-corrected chi connectivity index (χ3v) is 7.95. The summed E-state index contributed by atoms with van der Waals surface area (Å²) in [5, 5.41) is 7.63. The van der Waals surface area contributed by atoms with Crippen molar-refractivity contribution in [1.82, 2.24) is 15.4 Å². The van der Waals surface area contributed by atoms with Crippen LogP contribution in [0, 0.1) is 11.3 Å². The minimum absolute atomic E-state index is 0.0409. The fourth-order valence-electron chi connectivity index (χ4n) is 5.44. The van der Waals surface area contributed by atoms with E-state index in [2.05, 4.69) is 70.5 Å². The normalized spacial score (nSPS) is 21.9. The molecule has 1 aliphatic heterocycles. The second-order valence-electron chi connectivity index (χ2n) is 10.6. The zero-order valence-corrected chi connectivity index (χ0v) is 20.8. The van der Waals surface area contributed by atoms with Crippen LogP contribution in [0.3, 0.4) is 0 Å². The SMILES string of the molecule is CC1(C)[C@H](Cc2cc(CN3CCN(c4ccccc4)CC3)on2)C[C@@H]1NC(=O)Cc1ccccc1. The molecule has 1 aliphatic carbocycles. The van der Waals surface area contributed by atoms with Gasteiger partial charge in [0.1, 0.15) is 0 Å². The van der Waals surface area contributed by atoms with Crippen molar-refractivity contribution in [3.05, 3.63) is 83.7 Å². The van der Waals surface area contributed by atoms with Gasteiger partial charge in [0.05, 0.1) is 18.7 Å². The highest BCUT2D eigenvalue weighted by Crippen LogP contribution is 2.47. The molecule has 1 N–H and O–H groups in total. The zero-order valence-electron chi connectivity index (χ0n) is 20.8. The maximum atomic E-state index is 12.5. The van der Waals surface area contributed by atoms with Gasteiger partial charge in [-0.3, -0.25) is 9.69 Å². The molecule has 2 fully saturated rings. The number of para-hydroxylation sites is 1. The second kappa shape index (κ2) is 10.2. The lowest BCUT2D eigenvalue weighted by atomic mass is 9.57. The molecule has 0 bridgehead atoms. The van der Waals surface area contributed by atoms with Crippen molar-refractivity contribution in [3.8, 4) is 0 Å². The number of anilines is 1. The maximum Gasteiger partial charge on any atom is 0.224 e. The Bertz CT molecular complexity index is 1100. The molecule has 1 saturated carbocycles.